The number of hydrogen-bond donors (Lipinski definition) is 0. The molecule has 2 rings (SSSR count). The van der Waals surface area contributed by atoms with Gasteiger partial charge in [0.15, 0.2) is 0 Å². The number of rotatable bonds is 7. The molecule has 0 aromatic heterocycles. The summed E-state index contributed by atoms with van der Waals surface area (Å²) in [7, 11) is 0. The molecular formula is C34H58F5N3O2. The molecule has 1 saturated heterocycles. The first-order valence-corrected chi connectivity index (χ1v) is 16.1. The van der Waals surface area contributed by atoms with E-state index in [0.29, 0.717) is 37.0 Å². The predicted octanol–water partition coefficient (Wildman–Crippen LogP) is 10.7. The number of ether oxygens (including phenoxy) is 1. The molecule has 256 valence electrons. The fourth-order valence-corrected chi connectivity index (χ4v) is 5.38. The van der Waals surface area contributed by atoms with Gasteiger partial charge in [0, 0.05) is 61.7 Å². The van der Waals surface area contributed by atoms with Crippen molar-refractivity contribution in [2.75, 3.05) is 19.6 Å². The number of halogens is 5. The Morgan fingerprint density at radius 1 is 1.09 bits per heavy atom. The third-order valence-corrected chi connectivity index (χ3v) is 7.37. The maximum Gasteiger partial charge on any atom is 0.416 e. The van der Waals surface area contributed by atoms with Crippen LogP contribution in [0.5, 0.6) is 0 Å². The van der Waals surface area contributed by atoms with Gasteiger partial charge in [-0.05, 0) is 67.2 Å². The maximum atomic E-state index is 13.8. The maximum absolute atomic E-state index is 13.8. The minimum atomic E-state index is -4.50. The molecule has 1 heterocycles. The number of allylic oxidation sites excluding steroid dienone is 5. The number of hydrogen-bond acceptors (Lipinski definition) is 4. The van der Waals surface area contributed by atoms with Gasteiger partial charge in [-0.2, -0.15) is 13.2 Å². The molecule has 2 unspecified atom stereocenters. The molecule has 44 heavy (non-hydrogen) atoms. The third kappa shape index (κ3) is 14.6. The lowest BCUT2D eigenvalue weighted by atomic mass is 9.84. The van der Waals surface area contributed by atoms with Gasteiger partial charge in [-0.1, -0.05) is 59.1 Å². The Bertz CT molecular complexity index is 992. The lowest BCUT2D eigenvalue weighted by Gasteiger charge is -2.42. The van der Waals surface area contributed by atoms with E-state index in [-0.39, 0.29) is 24.5 Å². The van der Waals surface area contributed by atoms with E-state index in [0.717, 1.165) is 38.2 Å². The summed E-state index contributed by atoms with van der Waals surface area (Å²) in [5, 5.41) is 0. The average molecular weight is 636 g/mol. The van der Waals surface area contributed by atoms with E-state index in [1.54, 1.807) is 45.6 Å². The molecule has 1 amide bonds. The summed E-state index contributed by atoms with van der Waals surface area (Å²) < 4.78 is 72.4. The molecule has 0 radical (unpaired) electrons. The summed E-state index contributed by atoms with van der Waals surface area (Å²) in [6, 6.07) is -0.211. The highest BCUT2D eigenvalue weighted by Gasteiger charge is 2.39. The Morgan fingerprint density at radius 3 is 2.16 bits per heavy atom. The number of nitrogens with zero attached hydrogens (tertiary/aromatic N) is 3. The predicted molar refractivity (Wildman–Crippen MR) is 172 cm³/mol. The van der Waals surface area contributed by atoms with E-state index < -0.39 is 29.4 Å². The van der Waals surface area contributed by atoms with Crippen LogP contribution in [-0.2, 0) is 4.74 Å². The molecule has 0 N–H and O–H groups in total. The van der Waals surface area contributed by atoms with E-state index in [1.807, 2.05) is 32.6 Å². The normalized spacial score (nSPS) is 22.0. The van der Waals surface area contributed by atoms with Gasteiger partial charge in [0.1, 0.15) is 5.60 Å². The Hall–Kier alpha value is -2.39. The molecule has 0 aromatic rings. The highest BCUT2D eigenvalue weighted by molar-refractivity contribution is 6.03. The van der Waals surface area contributed by atoms with Crippen LogP contribution in [0.2, 0.25) is 0 Å². The second-order valence-corrected chi connectivity index (χ2v) is 12.2. The first-order chi connectivity index (χ1) is 20.4. The summed E-state index contributed by atoms with van der Waals surface area (Å²) in [6.07, 6.45) is 4.27. The van der Waals surface area contributed by atoms with Crippen LogP contribution in [0.15, 0.2) is 40.2 Å². The fourth-order valence-electron chi connectivity index (χ4n) is 5.38. The number of carbonyl (C=O) groups is 1. The zero-order chi connectivity index (χ0) is 34.3. The van der Waals surface area contributed by atoms with Crippen LogP contribution in [0.4, 0.5) is 26.7 Å². The highest BCUT2D eigenvalue weighted by atomic mass is 19.4. The topological polar surface area (TPSA) is 45.1 Å². The molecule has 2 aliphatic rings. The Morgan fingerprint density at radius 2 is 1.70 bits per heavy atom. The molecule has 1 aliphatic carbocycles. The second-order valence-electron chi connectivity index (χ2n) is 12.2. The summed E-state index contributed by atoms with van der Waals surface area (Å²) in [5.74, 6) is -2.05. The van der Waals surface area contributed by atoms with E-state index in [9.17, 15) is 26.7 Å². The van der Waals surface area contributed by atoms with Crippen molar-refractivity contribution in [2.45, 2.75) is 145 Å². The van der Waals surface area contributed by atoms with Gasteiger partial charge in [0.05, 0.1) is 5.57 Å². The van der Waals surface area contributed by atoms with Gasteiger partial charge in [-0.15, -0.1) is 0 Å². The number of piperazine rings is 1. The molecular weight excluding hydrogens is 577 g/mol. The summed E-state index contributed by atoms with van der Waals surface area (Å²) in [5.41, 5.74) is -0.446. The minimum absolute atomic E-state index is 0.0775. The third-order valence-electron chi connectivity index (χ3n) is 7.37. The van der Waals surface area contributed by atoms with Gasteiger partial charge in [-0.3, -0.25) is 4.99 Å². The Labute approximate surface area is 263 Å². The van der Waals surface area contributed by atoms with Crippen molar-refractivity contribution in [3.8, 4) is 0 Å². The zero-order valence-corrected chi connectivity index (χ0v) is 29.0. The second kappa shape index (κ2) is 19.2. The number of carbonyl (C=O) groups excluding carboxylic acids is 1. The van der Waals surface area contributed by atoms with Gasteiger partial charge in [0.2, 0.25) is 5.92 Å². The van der Waals surface area contributed by atoms with Gasteiger partial charge >= 0.3 is 12.3 Å². The van der Waals surface area contributed by atoms with Gasteiger partial charge in [0.25, 0.3) is 0 Å². The molecule has 2 fully saturated rings. The van der Waals surface area contributed by atoms with Crippen molar-refractivity contribution in [3.05, 3.63) is 35.2 Å². The molecule has 2 atom stereocenters. The lowest BCUT2D eigenvalue weighted by Crippen LogP contribution is -2.54. The van der Waals surface area contributed by atoms with E-state index in [2.05, 4.69) is 11.9 Å². The number of amides is 1. The smallest absolute Gasteiger partial charge is 0.416 e. The van der Waals surface area contributed by atoms with Crippen LogP contribution in [-0.4, -0.2) is 65.0 Å². The Balaban J connectivity index is 0.00000118. The van der Waals surface area contributed by atoms with Crippen LogP contribution >= 0.6 is 0 Å². The monoisotopic (exact) mass is 635 g/mol. The molecule has 0 bridgehead atoms. The number of aliphatic imine (C=N–C) groups is 1. The standard InChI is InChI=1S/C23H36F3N3O2.C9H16F2.C2H6/c1-9-11-12-27-17(4)20(19(10-2)23(24,25)26)18(5)28-13-14-29(16(3)15-28)21(30)31-22(6,7)8;1-2-4-8-5-3-6-9(10,11)7-8;1-2/h10-12,16H,9,13-15H2,1-8H3;8H,2-7H2,1H3;1-2H3/b12-11+,19-10+,20-18-,27-17+;;. The van der Waals surface area contributed by atoms with Crippen molar-refractivity contribution in [1.29, 1.82) is 0 Å². The van der Waals surface area contributed by atoms with Crippen molar-refractivity contribution in [2.24, 2.45) is 10.9 Å². The van der Waals surface area contributed by atoms with Crippen LogP contribution < -0.4 is 0 Å². The van der Waals surface area contributed by atoms with Crippen LogP contribution in [0.1, 0.15) is 121 Å². The zero-order valence-electron chi connectivity index (χ0n) is 29.0. The summed E-state index contributed by atoms with van der Waals surface area (Å²) in [4.78, 5) is 20.2. The molecule has 10 heteroatoms. The molecule has 0 spiro atoms. The minimum Gasteiger partial charge on any atom is -0.444 e. The van der Waals surface area contributed by atoms with E-state index >= 15 is 0 Å². The van der Waals surface area contributed by atoms with Crippen molar-refractivity contribution >= 4 is 11.8 Å². The van der Waals surface area contributed by atoms with Gasteiger partial charge in [-0.25, -0.2) is 13.6 Å². The quantitative estimate of drug-likeness (QED) is 0.159. The number of alkyl halides is 5. The van der Waals surface area contributed by atoms with E-state index in [4.69, 9.17) is 4.74 Å². The molecule has 1 aliphatic heterocycles. The van der Waals surface area contributed by atoms with E-state index in [1.165, 1.54) is 13.1 Å². The first kappa shape index (κ1) is 41.6. The summed E-state index contributed by atoms with van der Waals surface area (Å²) in [6.45, 7) is 21.1. The van der Waals surface area contributed by atoms with Crippen LogP contribution in [0.25, 0.3) is 0 Å². The van der Waals surface area contributed by atoms with Crippen molar-refractivity contribution in [3.63, 3.8) is 0 Å². The largest absolute Gasteiger partial charge is 0.444 e. The highest BCUT2D eigenvalue weighted by Crippen LogP contribution is 2.38. The summed E-state index contributed by atoms with van der Waals surface area (Å²) >= 11 is 0. The SMILES string of the molecule is CC.CCCC1CCCC(F)(F)C1.C\C=C(C(/C(C)=N/C=C/CC)=C(/C)N1CCN(C(=O)OC(C)(C)C)C(C)C1)\C(F)(F)F. The molecule has 5 nitrogen and oxygen atoms in total. The average Bonchev–Trinajstić information content (AvgIpc) is 2.90. The fraction of sp³-hybridized carbons (Fsp3) is 0.765. The van der Waals surface area contributed by atoms with Crippen LogP contribution in [0, 0.1) is 5.92 Å². The van der Waals surface area contributed by atoms with Crippen molar-refractivity contribution in [1.82, 2.24) is 9.80 Å². The van der Waals surface area contributed by atoms with Crippen LogP contribution in [0.3, 0.4) is 0 Å². The lowest BCUT2D eigenvalue weighted by molar-refractivity contribution is -0.0891. The Kier molecular flexibility index (Phi) is 18.2. The van der Waals surface area contributed by atoms with Gasteiger partial charge < -0.3 is 14.5 Å². The molecule has 0 aromatic carbocycles. The van der Waals surface area contributed by atoms with Crippen molar-refractivity contribution < 1.29 is 31.5 Å². The molecule has 1 saturated carbocycles. The first-order valence-electron chi connectivity index (χ1n) is 16.1.